The lowest BCUT2D eigenvalue weighted by atomic mass is 10.2. The van der Waals surface area contributed by atoms with Crippen molar-refractivity contribution in [2.45, 2.75) is 24.3 Å². The van der Waals surface area contributed by atoms with E-state index in [0.717, 1.165) is 22.8 Å². The van der Waals surface area contributed by atoms with E-state index >= 15 is 0 Å². The highest BCUT2D eigenvalue weighted by atomic mass is 32.2. The fourth-order valence-corrected chi connectivity index (χ4v) is 4.32. The van der Waals surface area contributed by atoms with Gasteiger partial charge in [0, 0.05) is 16.6 Å². The predicted octanol–water partition coefficient (Wildman–Crippen LogP) is 4.82. The average Bonchev–Trinajstić information content (AvgIpc) is 3.35. The minimum Gasteiger partial charge on any atom is -0.301 e. The van der Waals surface area contributed by atoms with Crippen LogP contribution in [0.2, 0.25) is 0 Å². The number of hydrogen-bond acceptors (Lipinski definition) is 6. The van der Waals surface area contributed by atoms with Crippen molar-refractivity contribution >= 4 is 34.1 Å². The van der Waals surface area contributed by atoms with E-state index in [-0.39, 0.29) is 11.2 Å². The highest BCUT2D eigenvalue weighted by Crippen LogP contribution is 2.30. The van der Waals surface area contributed by atoms with Gasteiger partial charge >= 0.3 is 0 Å². The van der Waals surface area contributed by atoms with Gasteiger partial charge in [-0.05, 0) is 26.0 Å². The summed E-state index contributed by atoms with van der Waals surface area (Å²) in [6.07, 6.45) is 0. The lowest BCUT2D eigenvalue weighted by Gasteiger charge is -2.13. The lowest BCUT2D eigenvalue weighted by molar-refractivity contribution is -0.115. The summed E-state index contributed by atoms with van der Waals surface area (Å²) in [5, 5.41) is 14.5. The Morgan fingerprint density at radius 2 is 1.76 bits per heavy atom. The molecule has 0 saturated carbocycles. The summed E-state index contributed by atoms with van der Waals surface area (Å²) in [7, 11) is 0. The second-order valence-electron chi connectivity index (χ2n) is 6.39. The van der Waals surface area contributed by atoms with Crippen LogP contribution in [0, 0.1) is 6.92 Å². The van der Waals surface area contributed by atoms with Crippen LogP contribution in [0.15, 0.2) is 71.2 Å². The van der Waals surface area contributed by atoms with Crippen molar-refractivity contribution in [3.63, 3.8) is 0 Å². The van der Waals surface area contributed by atoms with Crippen LogP contribution in [-0.2, 0) is 4.79 Å². The maximum absolute atomic E-state index is 12.6. The van der Waals surface area contributed by atoms with Crippen molar-refractivity contribution in [3.8, 4) is 17.1 Å². The topological polar surface area (TPSA) is 72.7 Å². The minimum atomic E-state index is -0.366. The Bertz CT molecular complexity index is 1110. The Morgan fingerprint density at radius 3 is 2.41 bits per heavy atom. The third-order valence-electron chi connectivity index (χ3n) is 4.18. The Morgan fingerprint density at radius 1 is 1.07 bits per heavy atom. The number of hydrogen-bond donors (Lipinski definition) is 1. The van der Waals surface area contributed by atoms with E-state index < -0.39 is 0 Å². The number of carbonyl (C=O) groups is 1. The van der Waals surface area contributed by atoms with Gasteiger partial charge in [-0.3, -0.25) is 9.36 Å². The van der Waals surface area contributed by atoms with Crippen molar-refractivity contribution < 1.29 is 4.79 Å². The number of thioether (sulfide) groups is 1. The standard InChI is InChI=1S/C21H19N5OS2/c1-14-13-28-20(22-14)23-19(27)15(2)29-21-25-24-18(16-9-5-3-6-10-16)26(21)17-11-7-4-8-12-17/h3-13,15H,1-2H3,(H,22,23,27)/t15-/m0/s1. The van der Waals surface area contributed by atoms with E-state index in [1.807, 2.05) is 84.5 Å². The molecule has 0 fully saturated rings. The zero-order valence-corrected chi connectivity index (χ0v) is 17.6. The summed E-state index contributed by atoms with van der Waals surface area (Å²) in [6.45, 7) is 3.75. The number of aryl methyl sites for hydroxylation is 1. The molecule has 2 aromatic carbocycles. The quantitative estimate of drug-likeness (QED) is 0.452. The van der Waals surface area contributed by atoms with Gasteiger partial charge in [-0.15, -0.1) is 21.5 Å². The van der Waals surface area contributed by atoms with Crippen LogP contribution in [0.1, 0.15) is 12.6 Å². The predicted molar refractivity (Wildman–Crippen MR) is 118 cm³/mol. The maximum atomic E-state index is 12.6. The smallest absolute Gasteiger partial charge is 0.239 e. The van der Waals surface area contributed by atoms with Crippen LogP contribution in [0.25, 0.3) is 17.1 Å². The molecule has 0 bridgehead atoms. The number of para-hydroxylation sites is 1. The van der Waals surface area contributed by atoms with Gasteiger partial charge in [-0.25, -0.2) is 4.98 Å². The fourth-order valence-electron chi connectivity index (χ4n) is 2.76. The average molecular weight is 422 g/mol. The Hall–Kier alpha value is -2.97. The third-order valence-corrected chi connectivity index (χ3v) is 6.10. The van der Waals surface area contributed by atoms with E-state index in [1.54, 1.807) is 0 Å². The molecule has 2 heterocycles. The Kier molecular flexibility index (Phi) is 5.73. The van der Waals surface area contributed by atoms with E-state index in [2.05, 4.69) is 20.5 Å². The number of thiazole rings is 1. The second-order valence-corrected chi connectivity index (χ2v) is 8.55. The largest absolute Gasteiger partial charge is 0.301 e. The van der Waals surface area contributed by atoms with Gasteiger partial charge in [0.15, 0.2) is 16.1 Å². The monoisotopic (exact) mass is 421 g/mol. The number of rotatable bonds is 6. The zero-order chi connectivity index (χ0) is 20.2. The molecule has 6 nitrogen and oxygen atoms in total. The summed E-state index contributed by atoms with van der Waals surface area (Å²) >= 11 is 2.79. The molecular weight excluding hydrogens is 402 g/mol. The minimum absolute atomic E-state index is 0.117. The molecule has 1 N–H and O–H groups in total. The van der Waals surface area contributed by atoms with Gasteiger partial charge in [-0.1, -0.05) is 60.3 Å². The number of benzene rings is 2. The molecule has 8 heteroatoms. The normalized spacial score (nSPS) is 11.9. The number of nitrogens with zero attached hydrogens (tertiary/aromatic N) is 4. The first-order chi connectivity index (χ1) is 14.1. The van der Waals surface area contributed by atoms with Gasteiger partial charge in [0.2, 0.25) is 5.91 Å². The highest BCUT2D eigenvalue weighted by molar-refractivity contribution is 8.00. The van der Waals surface area contributed by atoms with Gasteiger partial charge in [0.1, 0.15) is 0 Å². The first kappa shape index (κ1) is 19.4. The van der Waals surface area contributed by atoms with Crippen molar-refractivity contribution in [3.05, 3.63) is 71.7 Å². The molecule has 0 aliphatic heterocycles. The van der Waals surface area contributed by atoms with E-state index in [1.165, 1.54) is 23.1 Å². The molecule has 1 amide bonds. The summed E-state index contributed by atoms with van der Waals surface area (Å²) in [5.41, 5.74) is 2.80. The molecule has 0 aliphatic carbocycles. The van der Waals surface area contributed by atoms with E-state index in [0.29, 0.717) is 10.3 Å². The van der Waals surface area contributed by atoms with E-state index in [9.17, 15) is 4.79 Å². The molecule has 0 radical (unpaired) electrons. The first-order valence-electron chi connectivity index (χ1n) is 9.08. The molecule has 146 valence electrons. The van der Waals surface area contributed by atoms with Crippen molar-refractivity contribution in [1.29, 1.82) is 0 Å². The van der Waals surface area contributed by atoms with Crippen molar-refractivity contribution in [2.24, 2.45) is 0 Å². The third kappa shape index (κ3) is 4.38. The van der Waals surface area contributed by atoms with Crippen LogP contribution in [-0.4, -0.2) is 30.9 Å². The molecule has 1 atom stereocenters. The first-order valence-corrected chi connectivity index (χ1v) is 10.8. The molecule has 4 aromatic rings. The molecule has 0 unspecified atom stereocenters. The van der Waals surface area contributed by atoms with Crippen molar-refractivity contribution in [1.82, 2.24) is 19.7 Å². The summed E-state index contributed by atoms with van der Waals surface area (Å²) < 4.78 is 1.98. The second kappa shape index (κ2) is 8.59. The Balaban J connectivity index is 1.63. The molecule has 29 heavy (non-hydrogen) atoms. The van der Waals surface area contributed by atoms with Crippen LogP contribution in [0.5, 0.6) is 0 Å². The number of carbonyl (C=O) groups excluding carboxylic acids is 1. The van der Waals surface area contributed by atoms with Gasteiger partial charge in [0.25, 0.3) is 0 Å². The van der Waals surface area contributed by atoms with Gasteiger partial charge < -0.3 is 5.32 Å². The van der Waals surface area contributed by atoms with Gasteiger partial charge in [-0.2, -0.15) is 0 Å². The lowest BCUT2D eigenvalue weighted by Crippen LogP contribution is -2.22. The molecule has 0 aliphatic rings. The maximum Gasteiger partial charge on any atom is 0.239 e. The molecule has 0 saturated heterocycles. The summed E-state index contributed by atoms with van der Waals surface area (Å²) in [5.74, 6) is 0.621. The molecule has 4 rings (SSSR count). The van der Waals surface area contributed by atoms with E-state index in [4.69, 9.17) is 0 Å². The summed E-state index contributed by atoms with van der Waals surface area (Å²) in [4.78, 5) is 16.9. The number of anilines is 1. The number of amides is 1. The van der Waals surface area contributed by atoms with Crippen LogP contribution in [0.3, 0.4) is 0 Å². The highest BCUT2D eigenvalue weighted by Gasteiger charge is 2.22. The molecule has 0 spiro atoms. The number of nitrogens with one attached hydrogen (secondary N) is 1. The van der Waals surface area contributed by atoms with Crippen LogP contribution in [0.4, 0.5) is 5.13 Å². The fraction of sp³-hybridized carbons (Fsp3) is 0.143. The van der Waals surface area contributed by atoms with Crippen molar-refractivity contribution in [2.75, 3.05) is 5.32 Å². The SMILES string of the molecule is Cc1csc(NC(=O)[C@H](C)Sc2nnc(-c3ccccc3)n2-c2ccccc2)n1. The Labute approximate surface area is 177 Å². The molecular formula is C21H19N5OS2. The number of aromatic nitrogens is 4. The summed E-state index contributed by atoms with van der Waals surface area (Å²) in [6, 6.07) is 19.8. The molecule has 2 aromatic heterocycles. The van der Waals surface area contributed by atoms with Gasteiger partial charge in [0.05, 0.1) is 10.9 Å². The van der Waals surface area contributed by atoms with Crippen LogP contribution >= 0.6 is 23.1 Å². The van der Waals surface area contributed by atoms with Crippen LogP contribution < -0.4 is 5.32 Å². The zero-order valence-electron chi connectivity index (χ0n) is 15.9.